The Balaban J connectivity index is 2.14. The maximum Gasteiger partial charge on any atom is 0.240 e. The van der Waals surface area contributed by atoms with Crippen molar-refractivity contribution >= 4 is 5.91 Å². The van der Waals surface area contributed by atoms with Gasteiger partial charge < -0.3 is 14.7 Å². The van der Waals surface area contributed by atoms with Gasteiger partial charge in [0.2, 0.25) is 5.91 Å². The summed E-state index contributed by atoms with van der Waals surface area (Å²) in [5.74, 6) is 0.884. The zero-order valence-electron chi connectivity index (χ0n) is 11.3. The van der Waals surface area contributed by atoms with Gasteiger partial charge in [-0.3, -0.25) is 4.79 Å². The molecule has 0 saturated carbocycles. The summed E-state index contributed by atoms with van der Waals surface area (Å²) in [4.78, 5) is 14.4. The Bertz CT molecular complexity index is 400. The predicted molar refractivity (Wildman–Crippen MR) is 67.8 cm³/mol. The summed E-state index contributed by atoms with van der Waals surface area (Å²) >= 11 is 0. The highest BCUT2D eigenvalue weighted by Crippen LogP contribution is 2.31. The summed E-state index contributed by atoms with van der Waals surface area (Å²) in [6, 6.07) is 1.67. The minimum Gasteiger partial charge on any atom is -0.360 e. The molecule has 0 aliphatic carbocycles. The van der Waals surface area contributed by atoms with Gasteiger partial charge in [-0.05, 0) is 25.3 Å². The molecule has 2 rings (SSSR count). The van der Waals surface area contributed by atoms with Crippen molar-refractivity contribution in [3.05, 3.63) is 18.0 Å². The molecular formula is C13H21N3O2. The van der Waals surface area contributed by atoms with E-state index in [4.69, 9.17) is 4.52 Å². The van der Waals surface area contributed by atoms with Crippen molar-refractivity contribution in [2.75, 3.05) is 13.6 Å². The molecule has 100 valence electrons. The second-order valence-corrected chi connectivity index (χ2v) is 5.55. The average molecular weight is 251 g/mol. The Morgan fingerprint density at radius 1 is 1.61 bits per heavy atom. The third-order valence-corrected chi connectivity index (χ3v) is 3.72. The highest BCUT2D eigenvalue weighted by Gasteiger charge is 2.38. The van der Waals surface area contributed by atoms with Gasteiger partial charge in [0.05, 0.1) is 18.8 Å². The minimum atomic E-state index is -0.136. The fourth-order valence-corrected chi connectivity index (χ4v) is 2.68. The Hall–Kier alpha value is -1.36. The van der Waals surface area contributed by atoms with E-state index in [1.807, 2.05) is 11.9 Å². The van der Waals surface area contributed by atoms with E-state index in [2.05, 4.69) is 24.3 Å². The molecular weight excluding hydrogens is 230 g/mol. The van der Waals surface area contributed by atoms with Crippen LogP contribution in [0.5, 0.6) is 0 Å². The molecule has 1 atom stereocenters. The van der Waals surface area contributed by atoms with Gasteiger partial charge in [-0.15, -0.1) is 0 Å². The SMILES string of the molecule is CNC1C(=O)N(Cc2ccno2)CCCC1(C)C. The smallest absolute Gasteiger partial charge is 0.240 e. The first-order valence-electron chi connectivity index (χ1n) is 6.40. The van der Waals surface area contributed by atoms with Crippen LogP contribution in [0, 0.1) is 5.41 Å². The van der Waals surface area contributed by atoms with E-state index in [1.165, 1.54) is 0 Å². The number of likely N-dealkylation sites (N-methyl/N-ethyl adjacent to an activating group) is 1. The molecule has 1 aromatic rings. The van der Waals surface area contributed by atoms with Gasteiger partial charge in [0.25, 0.3) is 0 Å². The van der Waals surface area contributed by atoms with E-state index in [0.717, 1.165) is 25.1 Å². The molecule has 2 heterocycles. The Labute approximate surface area is 108 Å². The number of hydrogen-bond donors (Lipinski definition) is 1. The number of nitrogens with one attached hydrogen (secondary N) is 1. The first kappa shape index (κ1) is 13.1. The van der Waals surface area contributed by atoms with E-state index >= 15 is 0 Å². The van der Waals surface area contributed by atoms with Gasteiger partial charge in [-0.1, -0.05) is 19.0 Å². The average Bonchev–Trinajstić information content (AvgIpc) is 2.77. The number of carbonyl (C=O) groups is 1. The van der Waals surface area contributed by atoms with E-state index < -0.39 is 0 Å². The highest BCUT2D eigenvalue weighted by atomic mass is 16.5. The third-order valence-electron chi connectivity index (χ3n) is 3.72. The maximum absolute atomic E-state index is 12.5. The molecule has 1 N–H and O–H groups in total. The normalized spacial score (nSPS) is 24.1. The molecule has 0 aromatic carbocycles. The van der Waals surface area contributed by atoms with Gasteiger partial charge in [-0.2, -0.15) is 0 Å². The van der Waals surface area contributed by atoms with Gasteiger partial charge >= 0.3 is 0 Å². The van der Waals surface area contributed by atoms with Crippen molar-refractivity contribution in [3.63, 3.8) is 0 Å². The summed E-state index contributed by atoms with van der Waals surface area (Å²) < 4.78 is 5.08. The standard InChI is InChI=1S/C13H21N3O2/c1-13(2)6-4-8-16(12(17)11(13)14-3)9-10-5-7-15-18-10/h5,7,11,14H,4,6,8-9H2,1-3H3. The van der Waals surface area contributed by atoms with Crippen molar-refractivity contribution in [1.29, 1.82) is 0 Å². The molecule has 1 aromatic heterocycles. The van der Waals surface area contributed by atoms with Crippen LogP contribution >= 0.6 is 0 Å². The van der Waals surface area contributed by atoms with Crippen molar-refractivity contribution in [3.8, 4) is 0 Å². The second kappa shape index (κ2) is 5.10. The molecule has 0 bridgehead atoms. The van der Waals surface area contributed by atoms with E-state index in [1.54, 1.807) is 12.3 Å². The molecule has 5 nitrogen and oxygen atoms in total. The van der Waals surface area contributed by atoms with Crippen LogP contribution in [0.4, 0.5) is 0 Å². The molecule has 0 spiro atoms. The number of hydrogen-bond acceptors (Lipinski definition) is 4. The molecule has 0 radical (unpaired) electrons. The van der Waals surface area contributed by atoms with Gasteiger partial charge in [0, 0.05) is 12.6 Å². The van der Waals surface area contributed by atoms with E-state index in [-0.39, 0.29) is 17.4 Å². The van der Waals surface area contributed by atoms with E-state index in [0.29, 0.717) is 6.54 Å². The summed E-state index contributed by atoms with van der Waals surface area (Å²) in [6.07, 6.45) is 3.67. The van der Waals surface area contributed by atoms with Gasteiger partial charge in [0.15, 0.2) is 5.76 Å². The molecule has 1 amide bonds. The van der Waals surface area contributed by atoms with Crippen molar-refractivity contribution in [2.45, 2.75) is 39.3 Å². The first-order valence-corrected chi connectivity index (χ1v) is 6.40. The topological polar surface area (TPSA) is 58.4 Å². The second-order valence-electron chi connectivity index (χ2n) is 5.55. The lowest BCUT2D eigenvalue weighted by molar-refractivity contribution is -0.135. The number of likely N-dealkylation sites (tertiary alicyclic amines) is 1. The minimum absolute atomic E-state index is 0.0119. The lowest BCUT2D eigenvalue weighted by Gasteiger charge is -2.32. The van der Waals surface area contributed by atoms with Crippen LogP contribution in [-0.4, -0.2) is 35.6 Å². The molecule has 1 unspecified atom stereocenters. The number of carbonyl (C=O) groups excluding carboxylic acids is 1. The van der Waals surface area contributed by atoms with E-state index in [9.17, 15) is 4.79 Å². The zero-order chi connectivity index (χ0) is 13.2. The number of rotatable bonds is 3. The third kappa shape index (κ3) is 2.56. The van der Waals surface area contributed by atoms with Crippen LogP contribution < -0.4 is 5.32 Å². The largest absolute Gasteiger partial charge is 0.360 e. The van der Waals surface area contributed by atoms with Crippen LogP contribution in [0.15, 0.2) is 16.8 Å². The lowest BCUT2D eigenvalue weighted by atomic mass is 9.80. The van der Waals surface area contributed by atoms with Gasteiger partial charge in [-0.25, -0.2) is 0 Å². The molecule has 18 heavy (non-hydrogen) atoms. The van der Waals surface area contributed by atoms with Crippen molar-refractivity contribution in [2.24, 2.45) is 5.41 Å². The summed E-state index contributed by atoms with van der Waals surface area (Å²) in [6.45, 7) is 5.57. The predicted octanol–water partition coefficient (Wildman–Crippen LogP) is 1.41. The van der Waals surface area contributed by atoms with Crippen LogP contribution in [-0.2, 0) is 11.3 Å². The Morgan fingerprint density at radius 3 is 3.00 bits per heavy atom. The van der Waals surface area contributed by atoms with Crippen LogP contribution in [0.1, 0.15) is 32.4 Å². The number of aromatic nitrogens is 1. The van der Waals surface area contributed by atoms with Crippen LogP contribution in [0.3, 0.4) is 0 Å². The summed E-state index contributed by atoms with van der Waals surface area (Å²) in [7, 11) is 1.85. The number of amides is 1. The first-order chi connectivity index (χ1) is 8.54. The summed E-state index contributed by atoms with van der Waals surface area (Å²) in [5.41, 5.74) is -0.0119. The summed E-state index contributed by atoms with van der Waals surface area (Å²) in [5, 5.41) is 6.83. The van der Waals surface area contributed by atoms with Crippen LogP contribution in [0.25, 0.3) is 0 Å². The Kier molecular flexibility index (Phi) is 3.71. The molecule has 1 aliphatic rings. The van der Waals surface area contributed by atoms with Crippen molar-refractivity contribution in [1.82, 2.24) is 15.4 Å². The number of nitrogens with zero attached hydrogens (tertiary/aromatic N) is 2. The molecule has 1 saturated heterocycles. The van der Waals surface area contributed by atoms with Crippen LogP contribution in [0.2, 0.25) is 0 Å². The maximum atomic E-state index is 12.5. The molecule has 1 fully saturated rings. The fourth-order valence-electron chi connectivity index (χ4n) is 2.68. The Morgan fingerprint density at radius 2 is 2.39 bits per heavy atom. The fraction of sp³-hybridized carbons (Fsp3) is 0.692. The monoisotopic (exact) mass is 251 g/mol. The molecule has 1 aliphatic heterocycles. The lowest BCUT2D eigenvalue weighted by Crippen LogP contribution is -2.50. The van der Waals surface area contributed by atoms with Gasteiger partial charge in [0.1, 0.15) is 0 Å². The van der Waals surface area contributed by atoms with Crippen molar-refractivity contribution < 1.29 is 9.32 Å². The quantitative estimate of drug-likeness (QED) is 0.882. The molecule has 5 heteroatoms. The highest BCUT2D eigenvalue weighted by molar-refractivity contribution is 5.83. The zero-order valence-corrected chi connectivity index (χ0v) is 11.3.